The van der Waals surface area contributed by atoms with Crippen molar-refractivity contribution in [3.8, 4) is 11.5 Å². The molecule has 2 aliphatic rings. The van der Waals surface area contributed by atoms with Crippen LogP contribution in [0.2, 0.25) is 0 Å². The van der Waals surface area contributed by atoms with Crippen LogP contribution in [0.5, 0.6) is 11.5 Å². The zero-order chi connectivity index (χ0) is 14.3. The highest BCUT2D eigenvalue weighted by atomic mass is 79.9. The first-order chi connectivity index (χ1) is 9.56. The highest BCUT2D eigenvalue weighted by Gasteiger charge is 2.35. The van der Waals surface area contributed by atoms with Crippen LogP contribution in [0, 0.1) is 0 Å². The molecule has 0 aliphatic carbocycles. The van der Waals surface area contributed by atoms with Crippen molar-refractivity contribution < 1.29 is 19.1 Å². The summed E-state index contributed by atoms with van der Waals surface area (Å²) in [7, 11) is 1.50. The number of likely N-dealkylation sites (tertiary alicyclic amines) is 1. The van der Waals surface area contributed by atoms with E-state index in [4.69, 9.17) is 9.47 Å². The molecule has 106 valence electrons. The van der Waals surface area contributed by atoms with Crippen LogP contribution >= 0.6 is 15.9 Å². The summed E-state index contributed by atoms with van der Waals surface area (Å²) in [5, 5.41) is 3.10. The number of carbonyl (C=O) groups is 2. The van der Waals surface area contributed by atoms with Gasteiger partial charge >= 0.3 is 0 Å². The number of hydrogen-bond acceptors (Lipinski definition) is 5. The lowest BCUT2D eigenvalue weighted by Crippen LogP contribution is -2.36. The van der Waals surface area contributed by atoms with Crippen molar-refractivity contribution in [2.24, 2.45) is 0 Å². The lowest BCUT2D eigenvalue weighted by atomic mass is 10.1. The Hall–Kier alpha value is -1.60. The Morgan fingerprint density at radius 3 is 2.90 bits per heavy atom. The maximum atomic E-state index is 11.8. The van der Waals surface area contributed by atoms with Crippen LogP contribution in [0.3, 0.4) is 0 Å². The molecule has 2 amide bonds. The maximum Gasteiger partial charge on any atom is 0.246 e. The summed E-state index contributed by atoms with van der Waals surface area (Å²) in [6.07, 6.45) is 0.209. The van der Waals surface area contributed by atoms with Gasteiger partial charge in [0.25, 0.3) is 0 Å². The average Bonchev–Trinajstić information content (AvgIpc) is 2.98. The molecule has 3 rings (SSSR count). The quantitative estimate of drug-likeness (QED) is 0.832. The third-order valence-corrected chi connectivity index (χ3v) is 4.01. The summed E-state index contributed by atoms with van der Waals surface area (Å²) in [5.74, 6) is 1.04. The largest absolute Gasteiger partial charge is 0.454 e. The minimum Gasteiger partial charge on any atom is -0.454 e. The molecule has 0 saturated carbocycles. The fraction of sp³-hybridized carbons (Fsp3) is 0.385. The van der Waals surface area contributed by atoms with Crippen molar-refractivity contribution in [1.82, 2.24) is 10.2 Å². The van der Waals surface area contributed by atoms with E-state index in [2.05, 4.69) is 21.2 Å². The number of halogens is 1. The highest BCUT2D eigenvalue weighted by Crippen LogP contribution is 2.39. The second kappa shape index (κ2) is 5.06. The highest BCUT2D eigenvalue weighted by molar-refractivity contribution is 9.10. The lowest BCUT2D eigenvalue weighted by molar-refractivity contribution is -0.137. The van der Waals surface area contributed by atoms with Crippen molar-refractivity contribution >= 4 is 27.7 Å². The maximum absolute atomic E-state index is 11.8. The van der Waals surface area contributed by atoms with Crippen LogP contribution < -0.4 is 14.8 Å². The van der Waals surface area contributed by atoms with Crippen LogP contribution in [0.15, 0.2) is 16.6 Å². The van der Waals surface area contributed by atoms with E-state index >= 15 is 0 Å². The molecule has 0 aromatic heterocycles. The fourth-order valence-electron chi connectivity index (χ4n) is 2.28. The summed E-state index contributed by atoms with van der Waals surface area (Å²) in [6.45, 7) is 0.692. The Kier molecular flexibility index (Phi) is 3.39. The van der Waals surface area contributed by atoms with E-state index in [9.17, 15) is 9.59 Å². The number of ether oxygens (including phenoxy) is 2. The van der Waals surface area contributed by atoms with E-state index < -0.39 is 6.04 Å². The number of rotatable bonds is 3. The lowest BCUT2D eigenvalue weighted by Gasteiger charge is -2.11. The van der Waals surface area contributed by atoms with Gasteiger partial charge in [0.15, 0.2) is 11.5 Å². The first-order valence-corrected chi connectivity index (χ1v) is 6.97. The molecule has 1 fully saturated rings. The van der Waals surface area contributed by atoms with Gasteiger partial charge in [-0.15, -0.1) is 0 Å². The molecule has 20 heavy (non-hydrogen) atoms. The van der Waals surface area contributed by atoms with Gasteiger partial charge in [-0.25, -0.2) is 0 Å². The fourth-order valence-corrected chi connectivity index (χ4v) is 2.88. The number of nitrogens with zero attached hydrogens (tertiary/aromatic N) is 1. The van der Waals surface area contributed by atoms with Crippen LogP contribution in [0.25, 0.3) is 0 Å². The van der Waals surface area contributed by atoms with Crippen molar-refractivity contribution in [1.29, 1.82) is 0 Å². The molecule has 1 atom stereocenters. The molecule has 1 unspecified atom stereocenters. The van der Waals surface area contributed by atoms with E-state index in [1.807, 2.05) is 12.1 Å². The number of nitrogens with one attached hydrogen (secondary N) is 1. The molecule has 1 N–H and O–H groups in total. The third-order valence-electron chi connectivity index (χ3n) is 3.42. The van der Waals surface area contributed by atoms with Crippen LogP contribution in [-0.2, 0) is 16.1 Å². The molecule has 0 radical (unpaired) electrons. The first-order valence-electron chi connectivity index (χ1n) is 6.18. The van der Waals surface area contributed by atoms with Crippen LogP contribution in [0.1, 0.15) is 12.0 Å². The van der Waals surface area contributed by atoms with Gasteiger partial charge in [0.2, 0.25) is 18.6 Å². The average molecular weight is 341 g/mol. The molecule has 1 aromatic rings. The molecule has 2 heterocycles. The Labute approximate surface area is 124 Å². The van der Waals surface area contributed by atoms with E-state index in [-0.39, 0.29) is 25.0 Å². The Balaban J connectivity index is 1.69. The Morgan fingerprint density at radius 2 is 2.20 bits per heavy atom. The first kappa shape index (κ1) is 13.4. The molecule has 1 aromatic carbocycles. The summed E-state index contributed by atoms with van der Waals surface area (Å²) in [6, 6.07) is 3.33. The zero-order valence-electron chi connectivity index (χ0n) is 10.8. The standard InChI is InChI=1S/C13H13BrN2O4/c1-16-11(17)4-9(13(16)18)15-5-7-2-8(14)12-10(3-7)19-6-20-12/h2-3,9,15H,4-6H2,1H3. The van der Waals surface area contributed by atoms with Gasteiger partial charge in [0.05, 0.1) is 16.9 Å². The van der Waals surface area contributed by atoms with Gasteiger partial charge < -0.3 is 14.8 Å². The van der Waals surface area contributed by atoms with Crippen molar-refractivity contribution in [3.05, 3.63) is 22.2 Å². The minimum absolute atomic E-state index is 0.153. The number of fused-ring (bicyclic) bond motifs is 1. The smallest absolute Gasteiger partial charge is 0.246 e. The molecule has 0 spiro atoms. The van der Waals surface area contributed by atoms with Crippen molar-refractivity contribution in [3.63, 3.8) is 0 Å². The number of hydrogen-bond donors (Lipinski definition) is 1. The summed E-state index contributed by atoms with van der Waals surface area (Å²) in [5.41, 5.74) is 0.955. The van der Waals surface area contributed by atoms with Crippen LogP contribution in [-0.4, -0.2) is 36.6 Å². The predicted octanol–water partition coefficient (Wildman–Crippen LogP) is 1.02. The second-order valence-corrected chi connectivity index (χ2v) is 5.59. The predicted molar refractivity (Wildman–Crippen MR) is 73.3 cm³/mol. The third kappa shape index (κ3) is 2.27. The second-order valence-electron chi connectivity index (χ2n) is 4.74. The Bertz CT molecular complexity index is 590. The van der Waals surface area contributed by atoms with Crippen LogP contribution in [0.4, 0.5) is 0 Å². The number of carbonyl (C=O) groups excluding carboxylic acids is 2. The van der Waals surface area contributed by atoms with Gasteiger partial charge in [-0.2, -0.15) is 0 Å². The van der Waals surface area contributed by atoms with Gasteiger partial charge in [-0.3, -0.25) is 14.5 Å². The van der Waals surface area contributed by atoms with Gasteiger partial charge in [0.1, 0.15) is 0 Å². The number of likely N-dealkylation sites (N-methyl/N-ethyl adjacent to an activating group) is 1. The molecule has 7 heteroatoms. The topological polar surface area (TPSA) is 67.9 Å². The van der Waals surface area contributed by atoms with Crippen molar-refractivity contribution in [2.45, 2.75) is 19.0 Å². The Morgan fingerprint density at radius 1 is 1.40 bits per heavy atom. The number of benzene rings is 1. The van der Waals surface area contributed by atoms with E-state index in [0.29, 0.717) is 18.0 Å². The van der Waals surface area contributed by atoms with E-state index in [1.165, 1.54) is 7.05 Å². The number of amides is 2. The van der Waals surface area contributed by atoms with E-state index in [0.717, 1.165) is 14.9 Å². The van der Waals surface area contributed by atoms with Gasteiger partial charge in [0, 0.05) is 13.6 Å². The zero-order valence-corrected chi connectivity index (χ0v) is 12.4. The molecule has 1 saturated heterocycles. The van der Waals surface area contributed by atoms with Crippen molar-refractivity contribution in [2.75, 3.05) is 13.8 Å². The normalized spacial score (nSPS) is 20.9. The molecule has 2 aliphatic heterocycles. The number of imide groups is 1. The summed E-state index contributed by atoms with van der Waals surface area (Å²) in [4.78, 5) is 24.4. The van der Waals surface area contributed by atoms with E-state index in [1.54, 1.807) is 0 Å². The van der Waals surface area contributed by atoms with Gasteiger partial charge in [-0.05, 0) is 33.6 Å². The summed E-state index contributed by atoms with van der Waals surface area (Å²) < 4.78 is 11.5. The molecule has 6 nitrogen and oxygen atoms in total. The molecule has 0 bridgehead atoms. The summed E-state index contributed by atoms with van der Waals surface area (Å²) >= 11 is 3.42. The molecular weight excluding hydrogens is 328 g/mol. The minimum atomic E-state index is -0.448. The SMILES string of the molecule is CN1C(=O)CC(NCc2cc(Br)c3c(c2)OCO3)C1=O. The monoisotopic (exact) mass is 340 g/mol. The van der Waals surface area contributed by atoms with Gasteiger partial charge in [-0.1, -0.05) is 0 Å². The molecular formula is C13H13BrN2O4.